The van der Waals surface area contributed by atoms with Crippen molar-refractivity contribution in [3.63, 3.8) is 0 Å². The van der Waals surface area contributed by atoms with E-state index in [2.05, 4.69) is 97.4 Å². The van der Waals surface area contributed by atoms with Crippen LogP contribution in [0.4, 0.5) is 11.4 Å². The van der Waals surface area contributed by atoms with Crippen LogP contribution in [0.3, 0.4) is 0 Å². The van der Waals surface area contributed by atoms with Crippen molar-refractivity contribution in [2.24, 2.45) is 9.98 Å². The van der Waals surface area contributed by atoms with Gasteiger partial charge in [-0.25, -0.2) is 0 Å². The molecule has 0 aromatic heterocycles. The van der Waals surface area contributed by atoms with Crippen LogP contribution >= 0.6 is 23.5 Å². The predicted octanol–water partition coefficient (Wildman–Crippen LogP) is 8.20. The highest BCUT2D eigenvalue weighted by molar-refractivity contribution is 7.98. The quantitative estimate of drug-likeness (QED) is 0.187. The normalized spacial score (nSPS) is 12.4. The molecule has 0 saturated carbocycles. The molecule has 4 aromatic carbocycles. The van der Waals surface area contributed by atoms with Crippen LogP contribution in [0, 0.1) is 0 Å². The Morgan fingerprint density at radius 3 is 1.52 bits per heavy atom. The Morgan fingerprint density at radius 2 is 1.06 bits per heavy atom. The summed E-state index contributed by atoms with van der Waals surface area (Å²) in [7, 11) is 0. The van der Waals surface area contributed by atoms with Crippen molar-refractivity contribution >= 4 is 47.3 Å². The molecular formula is C29H24N2S2. The van der Waals surface area contributed by atoms with Gasteiger partial charge in [-0.15, -0.1) is 23.5 Å². The zero-order chi connectivity index (χ0) is 22.6. The van der Waals surface area contributed by atoms with Gasteiger partial charge in [-0.05, 0) is 77.6 Å². The standard InChI is InChI=1S/C29H24N2S2/c1-32-28-9-5-3-7-20(28)18-30-24-11-13-26-22(16-24)15-23-17-25(12-14-27(23)26)31-19-21-8-4-6-10-29(21)33-2/h3-14,16-19H,15H2,1-2H3. The van der Waals surface area contributed by atoms with Crippen LogP contribution in [0.2, 0.25) is 0 Å². The van der Waals surface area contributed by atoms with Crippen LogP contribution in [0.25, 0.3) is 11.1 Å². The van der Waals surface area contributed by atoms with Gasteiger partial charge in [-0.1, -0.05) is 48.5 Å². The van der Waals surface area contributed by atoms with Crippen molar-refractivity contribution in [1.29, 1.82) is 0 Å². The first-order valence-electron chi connectivity index (χ1n) is 10.9. The molecule has 162 valence electrons. The third-order valence-corrected chi connectivity index (χ3v) is 7.46. The number of hydrogen-bond donors (Lipinski definition) is 0. The predicted molar refractivity (Wildman–Crippen MR) is 146 cm³/mol. The number of aliphatic imine (C=N–C) groups is 2. The van der Waals surface area contributed by atoms with Gasteiger partial charge in [0.2, 0.25) is 0 Å². The Balaban J connectivity index is 1.37. The van der Waals surface area contributed by atoms with Gasteiger partial charge in [-0.3, -0.25) is 9.98 Å². The molecule has 0 amide bonds. The fourth-order valence-corrected chi connectivity index (χ4v) is 5.32. The van der Waals surface area contributed by atoms with Crippen LogP contribution in [-0.4, -0.2) is 24.9 Å². The van der Waals surface area contributed by atoms with Crippen molar-refractivity contribution < 1.29 is 0 Å². The molecule has 0 radical (unpaired) electrons. The molecule has 0 heterocycles. The lowest BCUT2D eigenvalue weighted by Gasteiger charge is -2.04. The fraction of sp³-hybridized carbons (Fsp3) is 0.103. The largest absolute Gasteiger partial charge is 0.256 e. The molecular weight excluding hydrogens is 440 g/mol. The third-order valence-electron chi connectivity index (χ3n) is 5.83. The van der Waals surface area contributed by atoms with Crippen molar-refractivity contribution in [2.75, 3.05) is 12.5 Å². The van der Waals surface area contributed by atoms with Crippen LogP contribution in [0.15, 0.2) is 105 Å². The Kier molecular flexibility index (Phi) is 6.47. The van der Waals surface area contributed by atoms with Gasteiger partial charge in [0.25, 0.3) is 0 Å². The third kappa shape index (κ3) is 4.68. The van der Waals surface area contributed by atoms with Gasteiger partial charge in [0.15, 0.2) is 0 Å². The van der Waals surface area contributed by atoms with E-state index in [4.69, 9.17) is 9.98 Å². The van der Waals surface area contributed by atoms with E-state index < -0.39 is 0 Å². The highest BCUT2D eigenvalue weighted by Crippen LogP contribution is 2.40. The first-order chi connectivity index (χ1) is 16.2. The first kappa shape index (κ1) is 21.7. The van der Waals surface area contributed by atoms with E-state index in [9.17, 15) is 0 Å². The molecule has 33 heavy (non-hydrogen) atoms. The van der Waals surface area contributed by atoms with Gasteiger partial charge in [0.05, 0.1) is 11.4 Å². The minimum absolute atomic E-state index is 0.917. The molecule has 1 aliphatic carbocycles. The molecule has 0 spiro atoms. The molecule has 0 unspecified atom stereocenters. The topological polar surface area (TPSA) is 24.7 Å². The van der Waals surface area contributed by atoms with Gasteiger partial charge < -0.3 is 0 Å². The summed E-state index contributed by atoms with van der Waals surface area (Å²) in [6, 6.07) is 29.8. The van der Waals surface area contributed by atoms with Gasteiger partial charge in [-0.2, -0.15) is 0 Å². The summed E-state index contributed by atoms with van der Waals surface area (Å²) in [5.74, 6) is 0. The van der Waals surface area contributed by atoms with Crippen molar-refractivity contribution in [1.82, 2.24) is 0 Å². The lowest BCUT2D eigenvalue weighted by Crippen LogP contribution is -1.85. The maximum Gasteiger partial charge on any atom is 0.0633 e. The van der Waals surface area contributed by atoms with E-state index >= 15 is 0 Å². The van der Waals surface area contributed by atoms with E-state index in [1.54, 1.807) is 23.5 Å². The molecule has 0 fully saturated rings. The average molecular weight is 465 g/mol. The minimum atomic E-state index is 0.917. The van der Waals surface area contributed by atoms with Gasteiger partial charge in [0.1, 0.15) is 0 Å². The van der Waals surface area contributed by atoms with Crippen LogP contribution in [0.5, 0.6) is 0 Å². The summed E-state index contributed by atoms with van der Waals surface area (Å²) >= 11 is 3.49. The Bertz CT molecular complexity index is 1270. The monoisotopic (exact) mass is 464 g/mol. The molecule has 0 aliphatic heterocycles. The van der Waals surface area contributed by atoms with Gasteiger partial charge >= 0.3 is 0 Å². The zero-order valence-corrected chi connectivity index (χ0v) is 20.3. The molecule has 0 N–H and O–H groups in total. The maximum atomic E-state index is 4.76. The first-order valence-corrected chi connectivity index (χ1v) is 13.3. The van der Waals surface area contributed by atoms with Crippen LogP contribution < -0.4 is 0 Å². The molecule has 1 aliphatic rings. The van der Waals surface area contributed by atoms with E-state index in [-0.39, 0.29) is 0 Å². The second-order valence-corrected chi connectivity index (χ2v) is 9.56. The highest BCUT2D eigenvalue weighted by atomic mass is 32.2. The molecule has 4 aromatic rings. The minimum Gasteiger partial charge on any atom is -0.256 e. The van der Waals surface area contributed by atoms with Crippen LogP contribution in [0.1, 0.15) is 22.3 Å². The van der Waals surface area contributed by atoms with Gasteiger partial charge in [0, 0.05) is 33.3 Å². The Hall–Kier alpha value is -3.08. The summed E-state index contributed by atoms with van der Waals surface area (Å²) < 4.78 is 0. The number of fused-ring (bicyclic) bond motifs is 3. The van der Waals surface area contributed by atoms with Crippen molar-refractivity contribution in [3.05, 3.63) is 107 Å². The van der Waals surface area contributed by atoms with Crippen molar-refractivity contribution in [3.8, 4) is 11.1 Å². The molecule has 2 nitrogen and oxygen atoms in total. The summed E-state index contributed by atoms with van der Waals surface area (Å²) in [5, 5.41) is 0. The Labute approximate surface area is 203 Å². The van der Waals surface area contributed by atoms with Crippen molar-refractivity contribution in [2.45, 2.75) is 16.2 Å². The zero-order valence-electron chi connectivity index (χ0n) is 18.7. The summed E-state index contributed by atoms with van der Waals surface area (Å²) in [6.07, 6.45) is 9.04. The lowest BCUT2D eigenvalue weighted by atomic mass is 10.1. The molecule has 4 heteroatoms. The maximum absolute atomic E-state index is 4.76. The molecule has 5 rings (SSSR count). The second kappa shape index (κ2) is 9.82. The van der Waals surface area contributed by atoms with E-state index in [1.807, 2.05) is 12.4 Å². The SMILES string of the molecule is CSc1ccccc1C=Nc1ccc2c(c1)Cc1cc(N=Cc3ccccc3SC)ccc1-2. The number of hydrogen-bond acceptors (Lipinski definition) is 4. The smallest absolute Gasteiger partial charge is 0.0633 e. The second-order valence-electron chi connectivity index (χ2n) is 7.86. The highest BCUT2D eigenvalue weighted by Gasteiger charge is 2.18. The number of rotatable bonds is 6. The van der Waals surface area contributed by atoms with E-state index in [0.717, 1.165) is 28.9 Å². The average Bonchev–Trinajstić information content (AvgIpc) is 3.23. The number of thioether (sulfide) groups is 2. The summed E-state index contributed by atoms with van der Waals surface area (Å²) in [4.78, 5) is 12.0. The van der Waals surface area contributed by atoms with E-state index in [1.165, 1.54) is 32.0 Å². The lowest BCUT2D eigenvalue weighted by molar-refractivity contribution is 1.25. The summed E-state index contributed by atoms with van der Waals surface area (Å²) in [5.41, 5.74) is 9.54. The molecule has 0 bridgehead atoms. The molecule has 0 atom stereocenters. The number of benzene rings is 4. The fourth-order valence-electron chi connectivity index (χ4n) is 4.18. The molecule has 0 saturated heterocycles. The number of nitrogens with zero attached hydrogens (tertiary/aromatic N) is 2. The van der Waals surface area contributed by atoms with E-state index in [0.29, 0.717) is 0 Å². The van der Waals surface area contributed by atoms with Crippen LogP contribution in [-0.2, 0) is 6.42 Å². The Morgan fingerprint density at radius 1 is 0.606 bits per heavy atom. The summed E-state index contributed by atoms with van der Waals surface area (Å²) in [6.45, 7) is 0.